The van der Waals surface area contributed by atoms with Gasteiger partial charge in [0.05, 0.1) is 12.5 Å². The monoisotopic (exact) mass is 490 g/mol. The number of aliphatic carboxylic acids is 1. The van der Waals surface area contributed by atoms with Gasteiger partial charge in [0.2, 0.25) is 23.6 Å². The number of thiol groups is 1. The Kier molecular flexibility index (Phi) is 13.5. The first-order valence-corrected chi connectivity index (χ1v) is 10.8. The predicted octanol–water partition coefficient (Wildman–Crippen LogP) is -3.63. The van der Waals surface area contributed by atoms with E-state index in [2.05, 4.69) is 33.6 Å². The van der Waals surface area contributed by atoms with Crippen molar-refractivity contribution in [2.24, 2.45) is 33.8 Å². The van der Waals surface area contributed by atoms with Crippen LogP contribution in [0.1, 0.15) is 33.1 Å². The lowest BCUT2D eigenvalue weighted by atomic mass is 10.0. The molecule has 15 heteroatoms. The van der Waals surface area contributed by atoms with Gasteiger partial charge in [0.15, 0.2) is 5.96 Å². The summed E-state index contributed by atoms with van der Waals surface area (Å²) in [5.74, 6) is -4.97. The molecule has 0 radical (unpaired) electrons. The lowest BCUT2D eigenvalue weighted by Crippen LogP contribution is -2.59. The van der Waals surface area contributed by atoms with Gasteiger partial charge in [-0.2, -0.15) is 12.6 Å². The molecule has 0 rings (SSSR count). The average Bonchev–Trinajstić information content (AvgIpc) is 2.70. The highest BCUT2D eigenvalue weighted by Gasteiger charge is 2.31. The van der Waals surface area contributed by atoms with Gasteiger partial charge < -0.3 is 44.0 Å². The highest BCUT2D eigenvalue weighted by molar-refractivity contribution is 7.80. The Hall–Kier alpha value is -3.07. The molecule has 0 aromatic rings. The first-order valence-electron chi connectivity index (χ1n) is 10.1. The maximum Gasteiger partial charge on any atom is 0.326 e. The molecule has 0 aliphatic heterocycles. The van der Waals surface area contributed by atoms with Crippen molar-refractivity contribution in [1.29, 1.82) is 0 Å². The van der Waals surface area contributed by atoms with Gasteiger partial charge in [-0.1, -0.05) is 13.8 Å². The normalized spacial score (nSPS) is 14.3. The average molecular weight is 491 g/mol. The summed E-state index contributed by atoms with van der Waals surface area (Å²) in [7, 11) is 0. The summed E-state index contributed by atoms with van der Waals surface area (Å²) in [5, 5.41) is 16.6. The van der Waals surface area contributed by atoms with Gasteiger partial charge in [0.1, 0.15) is 18.1 Å². The smallest absolute Gasteiger partial charge is 0.326 e. The molecule has 12 N–H and O–H groups in total. The minimum absolute atomic E-state index is 0.0592. The molecule has 0 spiro atoms. The number of hydrogen-bond acceptors (Lipinski definition) is 8. The molecule has 0 aromatic carbocycles. The summed E-state index contributed by atoms with van der Waals surface area (Å²) in [6.07, 6.45) is -0.0552. The SMILES string of the molecule is CC(C)C(NC(=O)C(CS)NC(=O)C(N)CC(N)=O)C(=O)NC(CCCN=C(N)N)C(=O)O. The maximum atomic E-state index is 12.7. The van der Waals surface area contributed by atoms with E-state index < -0.39 is 66.1 Å². The summed E-state index contributed by atoms with van der Waals surface area (Å²) in [5.41, 5.74) is 21.0. The second-order valence-electron chi connectivity index (χ2n) is 7.60. The molecule has 188 valence electrons. The molecule has 4 unspecified atom stereocenters. The minimum atomic E-state index is -1.26. The van der Waals surface area contributed by atoms with Crippen LogP contribution in [0.15, 0.2) is 4.99 Å². The fraction of sp³-hybridized carbons (Fsp3) is 0.667. The van der Waals surface area contributed by atoms with Gasteiger partial charge in [0, 0.05) is 12.3 Å². The topological polar surface area (TPSA) is 258 Å². The van der Waals surface area contributed by atoms with Crippen LogP contribution in [0.5, 0.6) is 0 Å². The van der Waals surface area contributed by atoms with E-state index in [0.717, 1.165) is 0 Å². The molecule has 0 aliphatic carbocycles. The number of nitrogens with two attached hydrogens (primary N) is 4. The molecule has 33 heavy (non-hydrogen) atoms. The number of carbonyl (C=O) groups is 5. The number of primary amides is 1. The number of guanidine groups is 1. The zero-order valence-corrected chi connectivity index (χ0v) is 19.5. The quantitative estimate of drug-likeness (QED) is 0.0474. The van der Waals surface area contributed by atoms with Gasteiger partial charge in [-0.3, -0.25) is 24.2 Å². The first kappa shape index (κ1) is 29.9. The van der Waals surface area contributed by atoms with Gasteiger partial charge in [-0.15, -0.1) is 0 Å². The van der Waals surface area contributed by atoms with Crippen LogP contribution >= 0.6 is 12.6 Å². The Morgan fingerprint density at radius 1 is 0.939 bits per heavy atom. The van der Waals surface area contributed by atoms with E-state index >= 15 is 0 Å². The summed E-state index contributed by atoms with van der Waals surface area (Å²) >= 11 is 4.02. The number of carboxylic acid groups (broad SMARTS) is 1. The zero-order chi connectivity index (χ0) is 25.7. The number of amides is 4. The molecular weight excluding hydrogens is 456 g/mol. The molecule has 0 fully saturated rings. The molecule has 0 saturated heterocycles. The molecule has 4 amide bonds. The first-order chi connectivity index (χ1) is 15.3. The third-order valence-electron chi connectivity index (χ3n) is 4.38. The van der Waals surface area contributed by atoms with Crippen LogP contribution in [0.2, 0.25) is 0 Å². The van der Waals surface area contributed by atoms with E-state index in [1.54, 1.807) is 13.8 Å². The predicted molar refractivity (Wildman–Crippen MR) is 124 cm³/mol. The fourth-order valence-electron chi connectivity index (χ4n) is 2.59. The third-order valence-corrected chi connectivity index (χ3v) is 4.75. The highest BCUT2D eigenvalue weighted by atomic mass is 32.1. The maximum absolute atomic E-state index is 12.7. The Morgan fingerprint density at radius 3 is 1.97 bits per heavy atom. The summed E-state index contributed by atoms with van der Waals surface area (Å²) in [4.78, 5) is 63.6. The van der Waals surface area contributed by atoms with E-state index in [-0.39, 0.29) is 24.7 Å². The molecule has 0 heterocycles. The number of nitrogens with zero attached hydrogens (tertiary/aromatic N) is 1. The lowest BCUT2D eigenvalue weighted by Gasteiger charge is -2.26. The highest BCUT2D eigenvalue weighted by Crippen LogP contribution is 2.06. The van der Waals surface area contributed by atoms with E-state index in [4.69, 9.17) is 22.9 Å². The number of rotatable bonds is 15. The van der Waals surface area contributed by atoms with Crippen molar-refractivity contribution in [3.63, 3.8) is 0 Å². The Labute approximate surface area is 197 Å². The van der Waals surface area contributed by atoms with Gasteiger partial charge in [-0.25, -0.2) is 4.79 Å². The standard InChI is InChI=1S/C18H34N8O6S/c1-8(2)13(16(30)24-10(17(31)32)4-3-5-23-18(21)22)26-15(29)11(7-33)25-14(28)9(19)6-12(20)27/h8-11,13,33H,3-7,19H2,1-2H3,(H2,20,27)(H,24,30)(H,25,28)(H,26,29)(H,31,32)(H4,21,22,23). The number of nitrogens with one attached hydrogen (secondary N) is 3. The van der Waals surface area contributed by atoms with Gasteiger partial charge >= 0.3 is 5.97 Å². The lowest BCUT2D eigenvalue weighted by molar-refractivity contribution is -0.142. The van der Waals surface area contributed by atoms with Crippen molar-refractivity contribution in [2.45, 2.75) is 57.3 Å². The van der Waals surface area contributed by atoms with Crippen molar-refractivity contribution in [3.05, 3.63) is 0 Å². The molecule has 0 bridgehead atoms. The van der Waals surface area contributed by atoms with E-state index in [9.17, 15) is 29.1 Å². The van der Waals surface area contributed by atoms with E-state index in [1.807, 2.05) is 0 Å². The third kappa shape index (κ3) is 11.9. The van der Waals surface area contributed by atoms with Crippen LogP contribution in [-0.2, 0) is 24.0 Å². The molecular formula is C18H34N8O6S. The van der Waals surface area contributed by atoms with Crippen molar-refractivity contribution < 1.29 is 29.1 Å². The van der Waals surface area contributed by atoms with Gasteiger partial charge in [-0.05, 0) is 18.8 Å². The van der Waals surface area contributed by atoms with Crippen molar-refractivity contribution in [2.75, 3.05) is 12.3 Å². The van der Waals surface area contributed by atoms with Crippen LogP contribution < -0.4 is 38.9 Å². The summed E-state index contributed by atoms with van der Waals surface area (Å²) in [6, 6.07) is -4.74. The Balaban J connectivity index is 5.15. The van der Waals surface area contributed by atoms with E-state index in [1.165, 1.54) is 0 Å². The number of hydrogen-bond donors (Lipinski definition) is 9. The number of carboxylic acids is 1. The van der Waals surface area contributed by atoms with Crippen LogP contribution in [0, 0.1) is 5.92 Å². The molecule has 0 saturated carbocycles. The van der Waals surface area contributed by atoms with Crippen LogP contribution in [-0.4, -0.2) is 77.1 Å². The van der Waals surface area contributed by atoms with Crippen molar-refractivity contribution in [3.8, 4) is 0 Å². The zero-order valence-electron chi connectivity index (χ0n) is 18.6. The van der Waals surface area contributed by atoms with E-state index in [0.29, 0.717) is 6.42 Å². The van der Waals surface area contributed by atoms with Gasteiger partial charge in [0.25, 0.3) is 0 Å². The Morgan fingerprint density at radius 2 is 1.52 bits per heavy atom. The molecule has 0 aromatic heterocycles. The molecule has 14 nitrogen and oxygen atoms in total. The van der Waals surface area contributed by atoms with Crippen LogP contribution in [0.4, 0.5) is 0 Å². The summed E-state index contributed by atoms with van der Waals surface area (Å²) in [6.45, 7) is 3.49. The van der Waals surface area contributed by atoms with Crippen molar-refractivity contribution in [1.82, 2.24) is 16.0 Å². The largest absolute Gasteiger partial charge is 0.480 e. The second kappa shape index (κ2) is 14.9. The minimum Gasteiger partial charge on any atom is -0.480 e. The van der Waals surface area contributed by atoms with Crippen LogP contribution in [0.3, 0.4) is 0 Å². The number of carbonyl (C=O) groups excluding carboxylic acids is 4. The fourth-order valence-corrected chi connectivity index (χ4v) is 2.85. The van der Waals surface area contributed by atoms with Crippen molar-refractivity contribution >= 4 is 48.2 Å². The summed E-state index contributed by atoms with van der Waals surface area (Å²) < 4.78 is 0. The second-order valence-corrected chi connectivity index (χ2v) is 7.96. The number of aliphatic imine (C=N–C) groups is 1. The Bertz CT molecular complexity index is 743. The molecule has 0 aliphatic rings. The van der Waals surface area contributed by atoms with Crippen LogP contribution in [0.25, 0.3) is 0 Å². The molecule has 4 atom stereocenters.